The quantitative estimate of drug-likeness (QED) is 0.818. The Morgan fingerprint density at radius 3 is 2.54 bits per heavy atom. The number of rotatable bonds is 7. The molecule has 2 N–H and O–H groups in total. The molecule has 1 amide bonds. The summed E-state index contributed by atoms with van der Waals surface area (Å²) in [6.07, 6.45) is -0.231. The van der Waals surface area contributed by atoms with Gasteiger partial charge >= 0.3 is 0 Å². The van der Waals surface area contributed by atoms with Crippen molar-refractivity contribution < 1.29 is 18.7 Å². The van der Waals surface area contributed by atoms with E-state index in [-0.39, 0.29) is 23.8 Å². The highest BCUT2D eigenvalue weighted by atomic mass is 19.1. The average Bonchev–Trinajstić information content (AvgIpc) is 2.55. The lowest BCUT2D eigenvalue weighted by molar-refractivity contribution is -0.120. The van der Waals surface area contributed by atoms with E-state index in [0.717, 1.165) is 23.8 Å². The summed E-state index contributed by atoms with van der Waals surface area (Å²) in [5, 5.41) is 12.4. The third-order valence-electron chi connectivity index (χ3n) is 3.80. The van der Waals surface area contributed by atoms with Gasteiger partial charge in [0.2, 0.25) is 5.91 Å². The number of benzene rings is 2. The first-order chi connectivity index (χ1) is 11.5. The van der Waals surface area contributed by atoms with Crippen molar-refractivity contribution in [3.05, 3.63) is 71.3 Å². The lowest BCUT2D eigenvalue weighted by Crippen LogP contribution is -2.31. The molecule has 0 saturated heterocycles. The van der Waals surface area contributed by atoms with E-state index in [4.69, 9.17) is 0 Å². The predicted molar refractivity (Wildman–Crippen MR) is 88.6 cm³/mol. The molecule has 0 saturated carbocycles. The zero-order chi connectivity index (χ0) is 17.5. The van der Waals surface area contributed by atoms with Gasteiger partial charge in [-0.25, -0.2) is 8.78 Å². The molecule has 0 spiro atoms. The van der Waals surface area contributed by atoms with Crippen molar-refractivity contribution in [2.24, 2.45) is 0 Å². The van der Waals surface area contributed by atoms with Gasteiger partial charge < -0.3 is 10.4 Å². The van der Waals surface area contributed by atoms with Crippen LogP contribution in [0, 0.1) is 11.6 Å². The minimum Gasteiger partial charge on any atom is -0.393 e. The fourth-order valence-electron chi connectivity index (χ4n) is 2.63. The Balaban J connectivity index is 1.98. The summed E-state index contributed by atoms with van der Waals surface area (Å²) >= 11 is 0. The molecule has 5 heteroatoms. The summed E-state index contributed by atoms with van der Waals surface area (Å²) in [5.41, 5.74) is 1.04. The van der Waals surface area contributed by atoms with Crippen molar-refractivity contribution in [1.29, 1.82) is 0 Å². The predicted octanol–water partition coefficient (Wildman–Crippen LogP) is 3.18. The van der Waals surface area contributed by atoms with Crippen LogP contribution in [0.25, 0.3) is 0 Å². The summed E-state index contributed by atoms with van der Waals surface area (Å²) in [5.74, 6) is -1.61. The summed E-state index contributed by atoms with van der Waals surface area (Å²) in [6.45, 7) is 2.02. The maximum absolute atomic E-state index is 13.6. The van der Waals surface area contributed by atoms with Gasteiger partial charge in [0.25, 0.3) is 0 Å². The highest BCUT2D eigenvalue weighted by molar-refractivity contribution is 5.78. The average molecular weight is 333 g/mol. The number of halogens is 2. The summed E-state index contributed by atoms with van der Waals surface area (Å²) in [7, 11) is 0. The summed E-state index contributed by atoms with van der Waals surface area (Å²) < 4.78 is 26.7. The molecule has 2 rings (SSSR count). The first kappa shape index (κ1) is 18.1. The van der Waals surface area contributed by atoms with Gasteiger partial charge in [-0.2, -0.15) is 0 Å². The van der Waals surface area contributed by atoms with E-state index >= 15 is 0 Å². The van der Waals surface area contributed by atoms with Crippen molar-refractivity contribution in [1.82, 2.24) is 5.32 Å². The summed E-state index contributed by atoms with van der Waals surface area (Å²) in [4.78, 5) is 12.0. The van der Waals surface area contributed by atoms with E-state index in [9.17, 15) is 18.7 Å². The van der Waals surface area contributed by atoms with Crippen LogP contribution in [0.4, 0.5) is 8.78 Å². The molecular weight excluding hydrogens is 312 g/mol. The molecule has 0 aliphatic rings. The number of hydrogen-bond acceptors (Lipinski definition) is 2. The fraction of sp³-hybridized carbons (Fsp3) is 0.316. The minimum atomic E-state index is -0.602. The molecule has 0 fully saturated rings. The minimum absolute atomic E-state index is 0.0271. The number of amides is 1. The third-order valence-corrected chi connectivity index (χ3v) is 3.80. The van der Waals surface area contributed by atoms with Crippen molar-refractivity contribution in [3.63, 3.8) is 0 Å². The van der Waals surface area contributed by atoms with Crippen molar-refractivity contribution in [2.75, 3.05) is 6.54 Å². The Morgan fingerprint density at radius 2 is 1.88 bits per heavy atom. The van der Waals surface area contributed by atoms with Crippen LogP contribution < -0.4 is 5.32 Å². The number of nitrogens with one attached hydrogen (secondary N) is 1. The SMILES string of the molecule is CC(O)CC(CNC(=O)Cc1cc(F)ccc1F)c1ccccc1. The molecule has 2 atom stereocenters. The topological polar surface area (TPSA) is 49.3 Å². The highest BCUT2D eigenvalue weighted by Crippen LogP contribution is 2.20. The number of aliphatic hydroxyl groups excluding tert-OH is 1. The number of hydrogen-bond donors (Lipinski definition) is 2. The number of carbonyl (C=O) groups excluding carboxylic acids is 1. The van der Waals surface area contributed by atoms with Crippen LogP contribution in [0.15, 0.2) is 48.5 Å². The van der Waals surface area contributed by atoms with Gasteiger partial charge in [-0.3, -0.25) is 4.79 Å². The van der Waals surface area contributed by atoms with Gasteiger partial charge in [0.05, 0.1) is 12.5 Å². The van der Waals surface area contributed by atoms with E-state index in [1.165, 1.54) is 0 Å². The molecule has 128 valence electrons. The van der Waals surface area contributed by atoms with E-state index in [1.807, 2.05) is 30.3 Å². The molecule has 0 aromatic heterocycles. The maximum atomic E-state index is 13.6. The molecule has 2 aromatic rings. The zero-order valence-electron chi connectivity index (χ0n) is 13.5. The van der Waals surface area contributed by atoms with Crippen LogP contribution in [0.1, 0.15) is 30.4 Å². The van der Waals surface area contributed by atoms with Gasteiger partial charge in [0.1, 0.15) is 11.6 Å². The standard InChI is InChI=1S/C19H21F2NO2/c1-13(23)9-16(14-5-3-2-4-6-14)12-22-19(24)11-15-10-17(20)7-8-18(15)21/h2-8,10,13,16,23H,9,11-12H2,1H3,(H,22,24). The second kappa shape index (κ2) is 8.55. The Bertz CT molecular complexity index is 674. The van der Waals surface area contributed by atoms with Crippen molar-refractivity contribution in [2.45, 2.75) is 31.8 Å². The first-order valence-corrected chi connectivity index (χ1v) is 7.89. The van der Waals surface area contributed by atoms with Crippen LogP contribution in [0.2, 0.25) is 0 Å². The van der Waals surface area contributed by atoms with Crippen LogP contribution >= 0.6 is 0 Å². The van der Waals surface area contributed by atoms with Gasteiger partial charge in [0.15, 0.2) is 0 Å². The van der Waals surface area contributed by atoms with Gasteiger partial charge in [-0.1, -0.05) is 30.3 Å². The molecule has 2 unspecified atom stereocenters. The molecular formula is C19H21F2NO2. The molecule has 2 aromatic carbocycles. The molecule has 0 bridgehead atoms. The van der Waals surface area contributed by atoms with Crippen LogP contribution in [-0.2, 0) is 11.2 Å². The third kappa shape index (κ3) is 5.42. The zero-order valence-corrected chi connectivity index (χ0v) is 13.5. The van der Waals surface area contributed by atoms with E-state index in [0.29, 0.717) is 13.0 Å². The lowest BCUT2D eigenvalue weighted by Gasteiger charge is -2.19. The van der Waals surface area contributed by atoms with Crippen LogP contribution in [0.3, 0.4) is 0 Å². The molecule has 0 aliphatic carbocycles. The maximum Gasteiger partial charge on any atom is 0.224 e. The van der Waals surface area contributed by atoms with Gasteiger partial charge in [-0.05, 0) is 37.1 Å². The highest BCUT2D eigenvalue weighted by Gasteiger charge is 2.16. The van der Waals surface area contributed by atoms with Gasteiger partial charge in [-0.15, -0.1) is 0 Å². The molecule has 0 radical (unpaired) electrons. The summed E-state index contributed by atoms with van der Waals surface area (Å²) in [6, 6.07) is 12.6. The number of carbonyl (C=O) groups is 1. The Morgan fingerprint density at radius 1 is 1.17 bits per heavy atom. The van der Waals surface area contributed by atoms with Crippen LogP contribution in [-0.4, -0.2) is 23.7 Å². The molecule has 3 nitrogen and oxygen atoms in total. The normalized spacial score (nSPS) is 13.3. The molecule has 0 aliphatic heterocycles. The Hall–Kier alpha value is -2.27. The smallest absolute Gasteiger partial charge is 0.224 e. The first-order valence-electron chi connectivity index (χ1n) is 7.89. The van der Waals surface area contributed by atoms with E-state index in [1.54, 1.807) is 6.92 Å². The van der Waals surface area contributed by atoms with Crippen molar-refractivity contribution in [3.8, 4) is 0 Å². The molecule has 24 heavy (non-hydrogen) atoms. The Labute approximate surface area is 140 Å². The Kier molecular flexibility index (Phi) is 6.44. The second-order valence-corrected chi connectivity index (χ2v) is 5.91. The lowest BCUT2D eigenvalue weighted by atomic mass is 9.93. The fourth-order valence-corrected chi connectivity index (χ4v) is 2.63. The largest absolute Gasteiger partial charge is 0.393 e. The monoisotopic (exact) mass is 333 g/mol. The number of aliphatic hydroxyl groups is 1. The van der Waals surface area contributed by atoms with E-state index < -0.39 is 17.7 Å². The van der Waals surface area contributed by atoms with Gasteiger partial charge in [0, 0.05) is 18.0 Å². The molecule has 0 heterocycles. The van der Waals surface area contributed by atoms with Crippen LogP contribution in [0.5, 0.6) is 0 Å². The second-order valence-electron chi connectivity index (χ2n) is 5.91. The van der Waals surface area contributed by atoms with E-state index in [2.05, 4.69) is 5.32 Å². The van der Waals surface area contributed by atoms with Crippen molar-refractivity contribution >= 4 is 5.91 Å².